The molecule has 0 atom stereocenters. The Kier molecular flexibility index (Phi) is 2.73. The second kappa shape index (κ2) is 4.12. The highest BCUT2D eigenvalue weighted by atomic mass is 32.1. The van der Waals surface area contributed by atoms with E-state index in [9.17, 15) is 0 Å². The van der Waals surface area contributed by atoms with Crippen LogP contribution in [0.3, 0.4) is 0 Å². The summed E-state index contributed by atoms with van der Waals surface area (Å²) in [6.45, 7) is 2.26. The molecular weight excluding hydrogens is 232 g/mol. The summed E-state index contributed by atoms with van der Waals surface area (Å²) in [5.41, 5.74) is 0.669. The van der Waals surface area contributed by atoms with Crippen LogP contribution in [0.5, 0.6) is 0 Å². The molecule has 0 bridgehead atoms. The van der Waals surface area contributed by atoms with E-state index in [0.717, 1.165) is 19.0 Å². The first-order valence-corrected chi connectivity index (χ1v) is 6.97. The van der Waals surface area contributed by atoms with Crippen molar-refractivity contribution in [3.05, 3.63) is 4.77 Å². The van der Waals surface area contributed by atoms with Crippen LogP contribution in [-0.4, -0.2) is 27.9 Å². The molecule has 0 radical (unpaired) electrons. The molecule has 5 heteroatoms. The summed E-state index contributed by atoms with van der Waals surface area (Å²) in [5.74, 6) is 1.00. The molecule has 3 rings (SSSR count). The van der Waals surface area contributed by atoms with Crippen LogP contribution >= 0.6 is 12.2 Å². The Bertz CT molecular complexity index is 445. The van der Waals surface area contributed by atoms with E-state index < -0.39 is 0 Å². The van der Waals surface area contributed by atoms with Gasteiger partial charge >= 0.3 is 0 Å². The van der Waals surface area contributed by atoms with E-state index in [1.165, 1.54) is 38.5 Å². The summed E-state index contributed by atoms with van der Waals surface area (Å²) in [6, 6.07) is 0. The van der Waals surface area contributed by atoms with Gasteiger partial charge in [-0.15, -0.1) is 5.10 Å². The van der Waals surface area contributed by atoms with Crippen molar-refractivity contribution in [3.63, 3.8) is 0 Å². The zero-order chi connectivity index (χ0) is 11.9. The lowest BCUT2D eigenvalue weighted by molar-refractivity contribution is 0.225. The average molecular weight is 252 g/mol. The molecule has 2 fully saturated rings. The summed E-state index contributed by atoms with van der Waals surface area (Å²) in [7, 11) is 1.99. The van der Waals surface area contributed by atoms with Crippen molar-refractivity contribution < 1.29 is 0 Å². The van der Waals surface area contributed by atoms with Gasteiger partial charge < -0.3 is 4.90 Å². The normalized spacial score (nSPS) is 23.5. The molecule has 94 valence electrons. The third-order valence-corrected chi connectivity index (χ3v) is 4.99. The molecule has 1 saturated heterocycles. The summed E-state index contributed by atoms with van der Waals surface area (Å²) in [6.07, 6.45) is 8.41. The van der Waals surface area contributed by atoms with E-state index in [1.807, 2.05) is 11.6 Å². The summed E-state index contributed by atoms with van der Waals surface area (Å²) >= 11 is 5.16. The van der Waals surface area contributed by atoms with Crippen molar-refractivity contribution in [2.45, 2.75) is 38.5 Å². The minimum Gasteiger partial charge on any atom is -0.341 e. The van der Waals surface area contributed by atoms with Crippen molar-refractivity contribution >= 4 is 18.2 Å². The van der Waals surface area contributed by atoms with Crippen LogP contribution in [0.15, 0.2) is 0 Å². The van der Waals surface area contributed by atoms with E-state index in [0.29, 0.717) is 10.2 Å². The SMILES string of the molecule is Cn1c(N2CCC3(CCCC3)CC2)n[nH]c1=S. The Morgan fingerprint density at radius 2 is 1.82 bits per heavy atom. The Morgan fingerprint density at radius 1 is 1.18 bits per heavy atom. The Labute approximate surface area is 107 Å². The van der Waals surface area contributed by atoms with Crippen LogP contribution in [0, 0.1) is 10.2 Å². The monoisotopic (exact) mass is 252 g/mol. The number of hydrogen-bond acceptors (Lipinski definition) is 3. The zero-order valence-corrected chi connectivity index (χ0v) is 11.2. The quantitative estimate of drug-likeness (QED) is 0.781. The molecule has 4 nitrogen and oxygen atoms in total. The summed E-state index contributed by atoms with van der Waals surface area (Å²) in [5, 5.41) is 7.20. The number of anilines is 1. The van der Waals surface area contributed by atoms with Crippen molar-refractivity contribution in [2.24, 2.45) is 12.5 Å². The van der Waals surface area contributed by atoms with E-state index in [-0.39, 0.29) is 0 Å². The molecule has 17 heavy (non-hydrogen) atoms. The highest BCUT2D eigenvalue weighted by molar-refractivity contribution is 7.71. The van der Waals surface area contributed by atoms with E-state index >= 15 is 0 Å². The maximum absolute atomic E-state index is 5.16. The number of aromatic amines is 1. The van der Waals surface area contributed by atoms with E-state index in [2.05, 4.69) is 15.1 Å². The van der Waals surface area contributed by atoms with Gasteiger partial charge in [0.15, 0.2) is 4.77 Å². The second-order valence-electron chi connectivity index (χ2n) is 5.58. The number of nitrogens with zero attached hydrogens (tertiary/aromatic N) is 3. The van der Waals surface area contributed by atoms with Crippen LogP contribution < -0.4 is 4.90 Å². The number of aromatic nitrogens is 3. The van der Waals surface area contributed by atoms with Crippen LogP contribution in [0.4, 0.5) is 5.95 Å². The van der Waals surface area contributed by atoms with Crippen molar-refractivity contribution in [1.29, 1.82) is 0 Å². The second-order valence-corrected chi connectivity index (χ2v) is 5.97. The van der Waals surface area contributed by atoms with Gasteiger partial charge in [0, 0.05) is 20.1 Å². The summed E-state index contributed by atoms with van der Waals surface area (Å²) in [4.78, 5) is 2.37. The Morgan fingerprint density at radius 3 is 2.35 bits per heavy atom. The molecule has 2 aliphatic rings. The Hall–Kier alpha value is -0.840. The number of hydrogen-bond donors (Lipinski definition) is 1. The molecule has 1 aliphatic carbocycles. The lowest BCUT2D eigenvalue weighted by atomic mass is 9.77. The number of piperidine rings is 1. The molecule has 1 aromatic rings. The number of H-pyrrole nitrogens is 1. The predicted octanol–water partition coefficient (Wildman–Crippen LogP) is 2.64. The van der Waals surface area contributed by atoms with Crippen LogP contribution in [0.25, 0.3) is 0 Å². The van der Waals surface area contributed by atoms with Gasteiger partial charge in [-0.3, -0.25) is 4.57 Å². The van der Waals surface area contributed by atoms with Gasteiger partial charge in [-0.1, -0.05) is 12.8 Å². The third-order valence-electron chi connectivity index (χ3n) is 4.63. The minimum absolute atomic E-state index is 0.669. The molecule has 1 saturated carbocycles. The van der Waals surface area contributed by atoms with Gasteiger partial charge in [0.2, 0.25) is 5.95 Å². The molecule has 1 spiro atoms. The highest BCUT2D eigenvalue weighted by Gasteiger charge is 2.37. The zero-order valence-electron chi connectivity index (χ0n) is 10.4. The first kappa shape index (κ1) is 11.3. The van der Waals surface area contributed by atoms with Gasteiger partial charge in [0.25, 0.3) is 0 Å². The highest BCUT2D eigenvalue weighted by Crippen LogP contribution is 2.46. The van der Waals surface area contributed by atoms with Gasteiger partial charge in [0.05, 0.1) is 0 Å². The smallest absolute Gasteiger partial charge is 0.225 e. The van der Waals surface area contributed by atoms with Crippen molar-refractivity contribution in [2.75, 3.05) is 18.0 Å². The predicted molar refractivity (Wildman–Crippen MR) is 70.7 cm³/mol. The van der Waals surface area contributed by atoms with Crippen LogP contribution in [-0.2, 0) is 7.05 Å². The molecule has 1 N–H and O–H groups in total. The molecule has 0 aromatic carbocycles. The van der Waals surface area contributed by atoms with E-state index in [4.69, 9.17) is 12.2 Å². The molecule has 0 unspecified atom stereocenters. The lowest BCUT2D eigenvalue weighted by Crippen LogP contribution is -2.40. The fraction of sp³-hybridized carbons (Fsp3) is 0.833. The standard InChI is InChI=1S/C12H20N4S/c1-15-10(13-14-11(15)17)16-8-6-12(7-9-16)4-2-3-5-12/h2-9H2,1H3,(H,14,17). The largest absolute Gasteiger partial charge is 0.341 e. The fourth-order valence-corrected chi connectivity index (χ4v) is 3.55. The maximum atomic E-state index is 5.16. The Balaban J connectivity index is 1.73. The summed E-state index contributed by atoms with van der Waals surface area (Å²) < 4.78 is 2.68. The first-order valence-electron chi connectivity index (χ1n) is 6.57. The van der Waals surface area contributed by atoms with Crippen LogP contribution in [0.2, 0.25) is 0 Å². The first-order chi connectivity index (χ1) is 8.20. The molecule has 0 amide bonds. The number of rotatable bonds is 1. The maximum Gasteiger partial charge on any atom is 0.225 e. The van der Waals surface area contributed by atoms with Crippen molar-refractivity contribution in [3.8, 4) is 0 Å². The topological polar surface area (TPSA) is 36.9 Å². The number of nitrogens with one attached hydrogen (secondary N) is 1. The van der Waals surface area contributed by atoms with Gasteiger partial charge in [-0.05, 0) is 43.3 Å². The molecule has 1 aliphatic heterocycles. The van der Waals surface area contributed by atoms with E-state index in [1.54, 1.807) is 0 Å². The third kappa shape index (κ3) is 1.90. The molecule has 2 heterocycles. The van der Waals surface area contributed by atoms with Crippen molar-refractivity contribution in [1.82, 2.24) is 14.8 Å². The molecular formula is C12H20N4S. The van der Waals surface area contributed by atoms with Gasteiger partial charge in [-0.25, -0.2) is 5.10 Å². The fourth-order valence-electron chi connectivity index (χ4n) is 3.43. The van der Waals surface area contributed by atoms with Gasteiger partial charge in [-0.2, -0.15) is 0 Å². The van der Waals surface area contributed by atoms with Gasteiger partial charge in [0.1, 0.15) is 0 Å². The molecule has 1 aromatic heterocycles. The average Bonchev–Trinajstić information content (AvgIpc) is 2.91. The lowest BCUT2D eigenvalue weighted by Gasteiger charge is -2.39. The van der Waals surface area contributed by atoms with Crippen LogP contribution in [0.1, 0.15) is 38.5 Å². The minimum atomic E-state index is 0.669.